The van der Waals surface area contributed by atoms with Crippen LogP contribution in [-0.2, 0) is 6.42 Å². The molecule has 1 fully saturated rings. The van der Waals surface area contributed by atoms with Crippen LogP contribution in [0.15, 0.2) is 24.3 Å². The number of hydrogen-bond donors (Lipinski definition) is 0. The Labute approximate surface area is 80.4 Å². The molecule has 0 aliphatic carbocycles. The lowest BCUT2D eigenvalue weighted by Crippen LogP contribution is -2.17. The van der Waals surface area contributed by atoms with E-state index in [1.165, 1.54) is 37.2 Å². The fourth-order valence-electron chi connectivity index (χ4n) is 1.92. The van der Waals surface area contributed by atoms with Crippen molar-refractivity contribution >= 4 is 5.69 Å². The van der Waals surface area contributed by atoms with Gasteiger partial charge in [-0.1, -0.05) is 19.1 Å². The van der Waals surface area contributed by atoms with Crippen LogP contribution in [0.4, 0.5) is 5.69 Å². The Morgan fingerprint density at radius 3 is 2.23 bits per heavy atom. The van der Waals surface area contributed by atoms with Crippen molar-refractivity contribution in [3.8, 4) is 0 Å². The van der Waals surface area contributed by atoms with Crippen LogP contribution < -0.4 is 4.90 Å². The monoisotopic (exact) mass is 175 g/mol. The van der Waals surface area contributed by atoms with Crippen molar-refractivity contribution in [3.63, 3.8) is 0 Å². The highest BCUT2D eigenvalue weighted by atomic mass is 15.1. The highest BCUT2D eigenvalue weighted by Crippen LogP contribution is 2.20. The SMILES string of the molecule is CCc1ccc(N2CCCC2)cc1. The molecule has 13 heavy (non-hydrogen) atoms. The van der Waals surface area contributed by atoms with E-state index in [0.29, 0.717) is 0 Å². The second-order valence-corrected chi connectivity index (χ2v) is 3.71. The van der Waals surface area contributed by atoms with Gasteiger partial charge in [-0.25, -0.2) is 0 Å². The summed E-state index contributed by atoms with van der Waals surface area (Å²) in [6.07, 6.45) is 3.85. The topological polar surface area (TPSA) is 3.24 Å². The van der Waals surface area contributed by atoms with Gasteiger partial charge < -0.3 is 4.90 Å². The van der Waals surface area contributed by atoms with Crippen molar-refractivity contribution in [2.45, 2.75) is 26.2 Å². The van der Waals surface area contributed by atoms with Gasteiger partial charge in [0.1, 0.15) is 0 Å². The maximum atomic E-state index is 2.47. The van der Waals surface area contributed by atoms with Crippen LogP contribution in [0.1, 0.15) is 25.3 Å². The largest absolute Gasteiger partial charge is 0.372 e. The third-order valence-corrected chi connectivity index (χ3v) is 2.82. The first kappa shape index (κ1) is 8.61. The Morgan fingerprint density at radius 1 is 1.08 bits per heavy atom. The molecule has 0 N–H and O–H groups in total. The fraction of sp³-hybridized carbons (Fsp3) is 0.500. The van der Waals surface area contributed by atoms with E-state index in [9.17, 15) is 0 Å². The molecule has 1 aliphatic rings. The smallest absolute Gasteiger partial charge is 0.0366 e. The van der Waals surface area contributed by atoms with Gasteiger partial charge in [0, 0.05) is 18.8 Å². The van der Waals surface area contributed by atoms with Gasteiger partial charge in [0.25, 0.3) is 0 Å². The molecule has 1 saturated heterocycles. The van der Waals surface area contributed by atoms with E-state index in [0.717, 1.165) is 6.42 Å². The summed E-state index contributed by atoms with van der Waals surface area (Å²) in [5.41, 5.74) is 2.83. The number of rotatable bonds is 2. The number of nitrogens with zero attached hydrogens (tertiary/aromatic N) is 1. The van der Waals surface area contributed by atoms with E-state index in [-0.39, 0.29) is 0 Å². The third-order valence-electron chi connectivity index (χ3n) is 2.82. The zero-order valence-electron chi connectivity index (χ0n) is 8.29. The molecule has 0 unspecified atom stereocenters. The van der Waals surface area contributed by atoms with Gasteiger partial charge in [-0.05, 0) is 37.0 Å². The van der Waals surface area contributed by atoms with E-state index in [4.69, 9.17) is 0 Å². The van der Waals surface area contributed by atoms with Gasteiger partial charge in [0.15, 0.2) is 0 Å². The first-order chi connectivity index (χ1) is 6.40. The maximum Gasteiger partial charge on any atom is 0.0366 e. The van der Waals surface area contributed by atoms with E-state index in [2.05, 4.69) is 36.1 Å². The summed E-state index contributed by atoms with van der Waals surface area (Å²) in [6, 6.07) is 9.00. The van der Waals surface area contributed by atoms with Gasteiger partial charge in [0.05, 0.1) is 0 Å². The summed E-state index contributed by atoms with van der Waals surface area (Å²) in [5.74, 6) is 0. The molecule has 0 atom stereocenters. The van der Waals surface area contributed by atoms with Crippen LogP contribution in [0.25, 0.3) is 0 Å². The molecule has 0 amide bonds. The Hall–Kier alpha value is -0.980. The van der Waals surface area contributed by atoms with E-state index in [1.807, 2.05) is 0 Å². The lowest BCUT2D eigenvalue weighted by Gasteiger charge is -2.17. The summed E-state index contributed by atoms with van der Waals surface area (Å²) >= 11 is 0. The lowest BCUT2D eigenvalue weighted by atomic mass is 10.1. The van der Waals surface area contributed by atoms with Crippen molar-refractivity contribution in [2.24, 2.45) is 0 Å². The van der Waals surface area contributed by atoms with E-state index in [1.54, 1.807) is 0 Å². The van der Waals surface area contributed by atoms with Crippen LogP contribution in [0, 0.1) is 0 Å². The predicted molar refractivity (Wildman–Crippen MR) is 57.3 cm³/mol. The molecule has 0 spiro atoms. The first-order valence-electron chi connectivity index (χ1n) is 5.24. The van der Waals surface area contributed by atoms with Gasteiger partial charge >= 0.3 is 0 Å². The second kappa shape index (κ2) is 3.82. The molecule has 0 radical (unpaired) electrons. The van der Waals surface area contributed by atoms with Crippen LogP contribution in [0.5, 0.6) is 0 Å². The highest BCUT2D eigenvalue weighted by molar-refractivity contribution is 5.48. The molecule has 2 rings (SSSR count). The summed E-state index contributed by atoms with van der Waals surface area (Å²) in [6.45, 7) is 4.68. The molecular weight excluding hydrogens is 158 g/mol. The second-order valence-electron chi connectivity index (χ2n) is 3.71. The Balaban J connectivity index is 2.12. The fourth-order valence-corrected chi connectivity index (χ4v) is 1.92. The van der Waals surface area contributed by atoms with Crippen LogP contribution >= 0.6 is 0 Å². The molecule has 70 valence electrons. The highest BCUT2D eigenvalue weighted by Gasteiger charge is 2.11. The lowest BCUT2D eigenvalue weighted by molar-refractivity contribution is 0.949. The molecule has 1 aromatic rings. The molecule has 1 heterocycles. The molecule has 0 aromatic heterocycles. The Kier molecular flexibility index (Phi) is 2.53. The minimum absolute atomic E-state index is 1.14. The van der Waals surface area contributed by atoms with E-state index >= 15 is 0 Å². The average molecular weight is 175 g/mol. The molecule has 0 saturated carbocycles. The van der Waals surface area contributed by atoms with Crippen molar-refractivity contribution in [1.29, 1.82) is 0 Å². The molecule has 0 bridgehead atoms. The average Bonchev–Trinajstić information content (AvgIpc) is 2.71. The van der Waals surface area contributed by atoms with Gasteiger partial charge in [0.2, 0.25) is 0 Å². The summed E-state index contributed by atoms with van der Waals surface area (Å²) in [4.78, 5) is 2.47. The number of anilines is 1. The number of aryl methyl sites for hydroxylation is 1. The van der Waals surface area contributed by atoms with Crippen LogP contribution in [0.2, 0.25) is 0 Å². The molecule has 1 heteroatoms. The maximum absolute atomic E-state index is 2.47. The van der Waals surface area contributed by atoms with Crippen molar-refractivity contribution in [1.82, 2.24) is 0 Å². The van der Waals surface area contributed by atoms with Crippen molar-refractivity contribution in [2.75, 3.05) is 18.0 Å². The molecule has 1 aliphatic heterocycles. The van der Waals surface area contributed by atoms with Gasteiger partial charge in [-0.2, -0.15) is 0 Å². The zero-order chi connectivity index (χ0) is 9.10. The van der Waals surface area contributed by atoms with Crippen molar-refractivity contribution in [3.05, 3.63) is 29.8 Å². The van der Waals surface area contributed by atoms with Gasteiger partial charge in [-0.15, -0.1) is 0 Å². The Bertz CT molecular complexity index is 257. The number of benzene rings is 1. The summed E-state index contributed by atoms with van der Waals surface area (Å²) < 4.78 is 0. The summed E-state index contributed by atoms with van der Waals surface area (Å²) in [7, 11) is 0. The van der Waals surface area contributed by atoms with Gasteiger partial charge in [-0.3, -0.25) is 0 Å². The quantitative estimate of drug-likeness (QED) is 0.668. The predicted octanol–water partition coefficient (Wildman–Crippen LogP) is 2.85. The molecule has 1 nitrogen and oxygen atoms in total. The normalized spacial score (nSPS) is 16.5. The number of hydrogen-bond acceptors (Lipinski definition) is 1. The third kappa shape index (κ3) is 1.85. The summed E-state index contributed by atoms with van der Waals surface area (Å²) in [5, 5.41) is 0. The minimum Gasteiger partial charge on any atom is -0.372 e. The van der Waals surface area contributed by atoms with Crippen LogP contribution in [0.3, 0.4) is 0 Å². The molecular formula is C12H17N. The standard InChI is InChI=1S/C12H17N/c1-2-11-5-7-12(8-6-11)13-9-3-4-10-13/h5-8H,2-4,9-10H2,1H3. The zero-order valence-corrected chi connectivity index (χ0v) is 8.29. The Morgan fingerprint density at radius 2 is 1.69 bits per heavy atom. The molecule has 1 aromatic carbocycles. The van der Waals surface area contributed by atoms with Crippen LogP contribution in [-0.4, -0.2) is 13.1 Å². The van der Waals surface area contributed by atoms with E-state index < -0.39 is 0 Å². The minimum atomic E-state index is 1.14. The van der Waals surface area contributed by atoms with Crippen molar-refractivity contribution < 1.29 is 0 Å². The first-order valence-corrected chi connectivity index (χ1v) is 5.24.